The fourth-order valence-corrected chi connectivity index (χ4v) is 5.49. The van der Waals surface area contributed by atoms with Crippen molar-refractivity contribution in [3.8, 4) is 11.1 Å². The standard InChI is InChI=1S/C22H23ClFN7O2/c1-30(2)21(33)16-13(25)4-3-11(19(16)24)12-9-26-20-17(18(12)23)22(10-27-20)7-14(15(32)8-22)31-6-5-28-29-31/h3-6,9,14-15,32H,7-8,10,25H2,1-2H3,(H,26,27)/t14-,15+,22+/m1/s1. The van der Waals surface area contributed by atoms with Gasteiger partial charge in [-0.05, 0) is 25.0 Å². The van der Waals surface area contributed by atoms with Gasteiger partial charge in [-0.2, -0.15) is 0 Å². The molecular weight excluding hydrogens is 449 g/mol. The number of rotatable bonds is 3. The molecule has 2 aliphatic rings. The fourth-order valence-electron chi connectivity index (χ4n) is 5.04. The molecule has 1 saturated carbocycles. The minimum absolute atomic E-state index is 0.0490. The molecular formula is C22H23ClFN7O2. The van der Waals surface area contributed by atoms with Crippen LogP contribution in [0.1, 0.15) is 34.8 Å². The van der Waals surface area contributed by atoms with Crippen molar-refractivity contribution in [3.63, 3.8) is 0 Å². The van der Waals surface area contributed by atoms with Gasteiger partial charge in [0, 0.05) is 60.8 Å². The number of nitrogens with two attached hydrogens (primary N) is 1. The Hall–Kier alpha value is -3.24. The predicted molar refractivity (Wildman–Crippen MR) is 122 cm³/mol. The minimum atomic E-state index is -0.746. The lowest BCUT2D eigenvalue weighted by Crippen LogP contribution is -2.26. The van der Waals surface area contributed by atoms with E-state index >= 15 is 4.39 Å². The summed E-state index contributed by atoms with van der Waals surface area (Å²) in [5, 5.41) is 22.3. The zero-order chi connectivity index (χ0) is 23.5. The van der Waals surface area contributed by atoms with Gasteiger partial charge < -0.3 is 21.1 Å². The maximum atomic E-state index is 15.6. The number of carbonyl (C=O) groups excluding carboxylic acids is 1. The van der Waals surface area contributed by atoms with Crippen molar-refractivity contribution in [1.82, 2.24) is 24.9 Å². The van der Waals surface area contributed by atoms with Crippen LogP contribution in [0.5, 0.6) is 0 Å². The largest absolute Gasteiger partial charge is 0.398 e. The first-order chi connectivity index (χ1) is 15.7. The van der Waals surface area contributed by atoms with E-state index in [1.165, 1.54) is 37.3 Å². The molecule has 33 heavy (non-hydrogen) atoms. The van der Waals surface area contributed by atoms with Gasteiger partial charge in [-0.3, -0.25) is 4.79 Å². The molecule has 1 fully saturated rings. The number of hydrogen-bond acceptors (Lipinski definition) is 7. The third-order valence-corrected chi connectivity index (χ3v) is 7.04. The van der Waals surface area contributed by atoms with Gasteiger partial charge in [0.15, 0.2) is 0 Å². The van der Waals surface area contributed by atoms with Gasteiger partial charge in [0.05, 0.1) is 28.9 Å². The molecule has 11 heteroatoms. The summed E-state index contributed by atoms with van der Waals surface area (Å²) < 4.78 is 17.2. The summed E-state index contributed by atoms with van der Waals surface area (Å²) in [6.07, 6.45) is 5.14. The van der Waals surface area contributed by atoms with Crippen LogP contribution in [0.3, 0.4) is 0 Å². The number of hydrogen-bond donors (Lipinski definition) is 3. The van der Waals surface area contributed by atoms with Crippen LogP contribution in [0.2, 0.25) is 5.02 Å². The molecule has 1 spiro atoms. The summed E-state index contributed by atoms with van der Waals surface area (Å²) in [6.45, 7) is 0.537. The Morgan fingerprint density at radius 2 is 2.15 bits per heavy atom. The minimum Gasteiger partial charge on any atom is -0.398 e. The van der Waals surface area contributed by atoms with Gasteiger partial charge in [-0.25, -0.2) is 14.1 Å². The molecule has 172 valence electrons. The van der Waals surface area contributed by atoms with Gasteiger partial charge in [-0.15, -0.1) is 5.10 Å². The molecule has 9 nitrogen and oxygen atoms in total. The van der Waals surface area contributed by atoms with Gasteiger partial charge in [0.2, 0.25) is 0 Å². The molecule has 0 unspecified atom stereocenters. The number of nitrogen functional groups attached to an aromatic ring is 1. The highest BCUT2D eigenvalue weighted by Gasteiger charge is 2.52. The van der Waals surface area contributed by atoms with Gasteiger partial charge in [0.1, 0.15) is 11.6 Å². The van der Waals surface area contributed by atoms with E-state index in [9.17, 15) is 9.90 Å². The van der Waals surface area contributed by atoms with Crippen molar-refractivity contribution in [1.29, 1.82) is 0 Å². The van der Waals surface area contributed by atoms with E-state index in [1.54, 1.807) is 17.1 Å². The van der Waals surface area contributed by atoms with Crippen LogP contribution in [-0.4, -0.2) is 62.6 Å². The summed E-state index contributed by atoms with van der Waals surface area (Å²) in [5.74, 6) is -0.676. The van der Waals surface area contributed by atoms with E-state index < -0.39 is 23.2 Å². The van der Waals surface area contributed by atoms with E-state index in [0.717, 1.165) is 5.56 Å². The number of pyridine rings is 1. The van der Waals surface area contributed by atoms with Gasteiger partial charge in [-0.1, -0.05) is 16.8 Å². The van der Waals surface area contributed by atoms with Crippen LogP contribution < -0.4 is 11.1 Å². The maximum Gasteiger partial charge on any atom is 0.258 e. The van der Waals surface area contributed by atoms with Crippen molar-refractivity contribution < 1.29 is 14.3 Å². The fraction of sp³-hybridized carbons (Fsp3) is 0.364. The molecule has 3 heterocycles. The molecule has 1 aromatic carbocycles. The lowest BCUT2D eigenvalue weighted by molar-refractivity contribution is 0.0824. The predicted octanol–water partition coefficient (Wildman–Crippen LogP) is 2.48. The second kappa shape index (κ2) is 7.67. The smallest absolute Gasteiger partial charge is 0.258 e. The molecule has 0 saturated heterocycles. The molecule has 1 amide bonds. The molecule has 2 aromatic heterocycles. The zero-order valence-corrected chi connectivity index (χ0v) is 18.8. The van der Waals surface area contributed by atoms with E-state index in [2.05, 4.69) is 20.6 Å². The van der Waals surface area contributed by atoms with Crippen molar-refractivity contribution in [2.45, 2.75) is 30.4 Å². The van der Waals surface area contributed by atoms with Crippen LogP contribution in [0.15, 0.2) is 30.7 Å². The quantitative estimate of drug-likeness (QED) is 0.501. The summed E-state index contributed by atoms with van der Waals surface area (Å²) >= 11 is 6.90. The Bertz CT molecular complexity index is 1250. The van der Waals surface area contributed by atoms with E-state index in [4.69, 9.17) is 17.3 Å². The summed E-state index contributed by atoms with van der Waals surface area (Å²) in [4.78, 5) is 18.3. The number of fused-ring (bicyclic) bond motifs is 2. The Kier molecular flexibility index (Phi) is 5.02. The maximum absolute atomic E-state index is 15.6. The third kappa shape index (κ3) is 3.24. The first kappa shape index (κ1) is 21.6. The van der Waals surface area contributed by atoms with E-state index in [1.807, 2.05) is 0 Å². The number of nitrogens with one attached hydrogen (secondary N) is 1. The molecule has 1 aliphatic heterocycles. The Morgan fingerprint density at radius 3 is 2.85 bits per heavy atom. The summed E-state index contributed by atoms with van der Waals surface area (Å²) in [7, 11) is 3.06. The zero-order valence-electron chi connectivity index (χ0n) is 18.1. The molecule has 1 aliphatic carbocycles. The van der Waals surface area contributed by atoms with Crippen LogP contribution in [0, 0.1) is 5.82 Å². The van der Waals surface area contributed by atoms with Gasteiger partial charge in [0.25, 0.3) is 5.91 Å². The van der Waals surface area contributed by atoms with Crippen LogP contribution in [0.4, 0.5) is 15.9 Å². The Labute approximate surface area is 194 Å². The first-order valence-electron chi connectivity index (χ1n) is 10.5. The number of aliphatic hydroxyl groups excluding tert-OH is 1. The monoisotopic (exact) mass is 471 g/mol. The number of nitrogens with zero attached hydrogens (tertiary/aromatic N) is 5. The number of halogens is 2. The summed E-state index contributed by atoms with van der Waals surface area (Å²) in [6, 6.07) is 2.73. The third-order valence-electron chi connectivity index (χ3n) is 6.65. The molecule has 3 atom stereocenters. The van der Waals surface area contributed by atoms with E-state index in [-0.39, 0.29) is 22.9 Å². The van der Waals surface area contributed by atoms with Crippen LogP contribution in [-0.2, 0) is 5.41 Å². The second-order valence-electron chi connectivity index (χ2n) is 8.86. The van der Waals surface area contributed by atoms with Crippen molar-refractivity contribution in [2.75, 3.05) is 31.7 Å². The molecule has 4 N–H and O–H groups in total. The molecule has 0 radical (unpaired) electrons. The molecule has 3 aromatic rings. The van der Waals surface area contributed by atoms with Crippen molar-refractivity contribution in [3.05, 3.63) is 52.7 Å². The number of aliphatic hydroxyl groups is 1. The highest BCUT2D eigenvalue weighted by atomic mass is 35.5. The lowest BCUT2D eigenvalue weighted by atomic mass is 9.80. The lowest BCUT2D eigenvalue weighted by Gasteiger charge is -2.25. The topological polar surface area (TPSA) is 122 Å². The number of benzene rings is 1. The normalized spacial score (nSPS) is 23.5. The number of anilines is 2. The average Bonchev–Trinajstić information content (AvgIpc) is 3.49. The molecule has 0 bridgehead atoms. The summed E-state index contributed by atoms with van der Waals surface area (Å²) in [5.41, 5.74) is 6.50. The first-order valence-corrected chi connectivity index (χ1v) is 10.9. The molecule has 5 rings (SSSR count). The average molecular weight is 472 g/mol. The number of aromatic nitrogens is 4. The second-order valence-corrected chi connectivity index (χ2v) is 9.24. The van der Waals surface area contributed by atoms with Crippen molar-refractivity contribution >= 4 is 29.0 Å². The highest BCUT2D eigenvalue weighted by Crippen LogP contribution is 2.54. The number of amides is 1. The Balaban J connectivity index is 1.61. The van der Waals surface area contributed by atoms with Crippen LogP contribution >= 0.6 is 11.6 Å². The Morgan fingerprint density at radius 1 is 1.36 bits per heavy atom. The number of carbonyl (C=O) groups is 1. The van der Waals surface area contributed by atoms with Crippen molar-refractivity contribution in [2.24, 2.45) is 0 Å². The highest BCUT2D eigenvalue weighted by molar-refractivity contribution is 6.34. The van der Waals surface area contributed by atoms with E-state index in [0.29, 0.717) is 35.8 Å². The van der Waals surface area contributed by atoms with Gasteiger partial charge >= 0.3 is 0 Å². The van der Waals surface area contributed by atoms with Crippen LogP contribution in [0.25, 0.3) is 11.1 Å². The SMILES string of the molecule is CN(C)C(=O)c1c(N)ccc(-c2cnc3c(c2Cl)[C@@]2(CN3)C[C@@H](n3ccnn3)[C@@H](O)C2)c1F.